The second kappa shape index (κ2) is 3.69. The number of cyclic esters (lactones) is 1. The van der Waals surface area contributed by atoms with Gasteiger partial charge in [0.2, 0.25) is 12.6 Å². The first kappa shape index (κ1) is 10.0. The van der Waals surface area contributed by atoms with Gasteiger partial charge in [0, 0.05) is 12.0 Å². The molecule has 0 saturated carbocycles. The molecule has 1 aromatic rings. The van der Waals surface area contributed by atoms with Crippen LogP contribution in [0.4, 0.5) is 0 Å². The Bertz CT molecular complexity index is 518. The van der Waals surface area contributed by atoms with E-state index in [0.717, 1.165) is 5.56 Å². The Morgan fingerprint density at radius 2 is 2.00 bits per heavy atom. The van der Waals surface area contributed by atoms with Gasteiger partial charge in [0.15, 0.2) is 11.5 Å². The number of aliphatic hydroxyl groups excluding tert-OH is 1. The number of ether oxygens (including phenoxy) is 3. The minimum Gasteiger partial charge on any atom is -0.502 e. The van der Waals surface area contributed by atoms with E-state index in [9.17, 15) is 9.90 Å². The van der Waals surface area contributed by atoms with Crippen molar-refractivity contribution in [1.29, 1.82) is 0 Å². The highest BCUT2D eigenvalue weighted by Gasteiger charge is 2.24. The van der Waals surface area contributed by atoms with Crippen LogP contribution in [-0.2, 0) is 16.0 Å². The summed E-state index contributed by atoms with van der Waals surface area (Å²) in [4.78, 5) is 11.0. The summed E-state index contributed by atoms with van der Waals surface area (Å²) in [5, 5.41) is 9.46. The zero-order valence-electron chi connectivity index (χ0n) is 8.93. The average molecular weight is 234 g/mol. The van der Waals surface area contributed by atoms with Gasteiger partial charge in [0.05, 0.1) is 0 Å². The van der Waals surface area contributed by atoms with Crippen LogP contribution in [0.15, 0.2) is 29.5 Å². The third-order valence-electron chi connectivity index (χ3n) is 2.76. The summed E-state index contributed by atoms with van der Waals surface area (Å²) in [6, 6.07) is 5.52. The van der Waals surface area contributed by atoms with Gasteiger partial charge in [-0.3, -0.25) is 0 Å². The molecule has 3 rings (SSSR count). The smallest absolute Gasteiger partial charge is 0.373 e. The van der Waals surface area contributed by atoms with Gasteiger partial charge in [0.25, 0.3) is 0 Å². The number of esters is 1. The zero-order chi connectivity index (χ0) is 11.8. The molecule has 2 aliphatic heterocycles. The maximum atomic E-state index is 11.0. The van der Waals surface area contributed by atoms with E-state index in [1.807, 2.05) is 18.2 Å². The Labute approximate surface area is 97.2 Å². The molecular weight excluding hydrogens is 224 g/mol. The van der Waals surface area contributed by atoms with Gasteiger partial charge in [-0.15, -0.1) is 0 Å². The van der Waals surface area contributed by atoms with E-state index in [0.29, 0.717) is 23.5 Å². The quantitative estimate of drug-likeness (QED) is 0.782. The second-order valence-electron chi connectivity index (χ2n) is 3.89. The van der Waals surface area contributed by atoms with E-state index in [2.05, 4.69) is 0 Å². The number of hydrogen-bond acceptors (Lipinski definition) is 5. The Balaban J connectivity index is 1.84. The third-order valence-corrected chi connectivity index (χ3v) is 2.76. The second-order valence-corrected chi connectivity index (χ2v) is 3.89. The van der Waals surface area contributed by atoms with Crippen LogP contribution in [0.2, 0.25) is 0 Å². The van der Waals surface area contributed by atoms with E-state index in [1.54, 1.807) is 0 Å². The number of carbonyl (C=O) groups excluding carboxylic acids is 1. The van der Waals surface area contributed by atoms with Crippen LogP contribution in [-0.4, -0.2) is 24.5 Å². The van der Waals surface area contributed by atoms with Crippen LogP contribution in [0, 0.1) is 0 Å². The summed E-state index contributed by atoms with van der Waals surface area (Å²) < 4.78 is 15.2. The first-order valence-electron chi connectivity index (χ1n) is 5.20. The minimum atomic E-state index is -0.652. The maximum Gasteiger partial charge on any atom is 0.373 e. The van der Waals surface area contributed by atoms with E-state index in [1.165, 1.54) is 0 Å². The molecule has 0 spiro atoms. The molecule has 88 valence electrons. The lowest BCUT2D eigenvalue weighted by Gasteiger charge is -2.03. The van der Waals surface area contributed by atoms with Gasteiger partial charge < -0.3 is 19.3 Å². The van der Waals surface area contributed by atoms with Crippen molar-refractivity contribution in [3.8, 4) is 11.5 Å². The Morgan fingerprint density at radius 3 is 2.76 bits per heavy atom. The van der Waals surface area contributed by atoms with Crippen molar-refractivity contribution in [1.82, 2.24) is 0 Å². The SMILES string of the molecule is O=C1OCC(Cc2ccc3c(c2)OCO3)=C1O. The fraction of sp³-hybridized carbons (Fsp3) is 0.250. The molecule has 2 heterocycles. The molecule has 0 amide bonds. The average Bonchev–Trinajstić information content (AvgIpc) is 2.90. The molecule has 5 nitrogen and oxygen atoms in total. The molecule has 17 heavy (non-hydrogen) atoms. The summed E-state index contributed by atoms with van der Waals surface area (Å²) in [5.41, 5.74) is 1.53. The molecule has 0 radical (unpaired) electrons. The number of benzene rings is 1. The van der Waals surface area contributed by atoms with Crippen molar-refractivity contribution in [2.24, 2.45) is 0 Å². The molecular formula is C12H10O5. The van der Waals surface area contributed by atoms with E-state index in [4.69, 9.17) is 14.2 Å². The number of hydrogen-bond donors (Lipinski definition) is 1. The van der Waals surface area contributed by atoms with Crippen LogP contribution < -0.4 is 9.47 Å². The van der Waals surface area contributed by atoms with Crippen molar-refractivity contribution in [2.45, 2.75) is 6.42 Å². The first-order chi connectivity index (χ1) is 8.24. The molecule has 0 bridgehead atoms. The molecule has 1 N–H and O–H groups in total. The fourth-order valence-electron chi connectivity index (χ4n) is 1.87. The highest BCUT2D eigenvalue weighted by molar-refractivity contribution is 5.89. The molecule has 0 fully saturated rings. The fourth-order valence-corrected chi connectivity index (χ4v) is 1.87. The number of carbonyl (C=O) groups is 1. The number of aliphatic hydroxyl groups is 1. The van der Waals surface area contributed by atoms with Gasteiger partial charge in [-0.05, 0) is 17.7 Å². The lowest BCUT2D eigenvalue weighted by Crippen LogP contribution is -1.97. The van der Waals surface area contributed by atoms with E-state index in [-0.39, 0.29) is 19.2 Å². The highest BCUT2D eigenvalue weighted by atomic mass is 16.7. The van der Waals surface area contributed by atoms with Crippen LogP contribution in [0.1, 0.15) is 5.56 Å². The summed E-state index contributed by atoms with van der Waals surface area (Å²) in [7, 11) is 0. The predicted octanol–water partition coefficient (Wildman–Crippen LogP) is 1.33. The summed E-state index contributed by atoms with van der Waals surface area (Å²) in [6.07, 6.45) is 0.466. The lowest BCUT2D eigenvalue weighted by atomic mass is 10.0. The van der Waals surface area contributed by atoms with Crippen LogP contribution in [0.25, 0.3) is 0 Å². The lowest BCUT2D eigenvalue weighted by molar-refractivity contribution is -0.138. The molecule has 0 atom stereocenters. The molecule has 0 aliphatic carbocycles. The summed E-state index contributed by atoms with van der Waals surface area (Å²) in [5.74, 6) is 0.474. The number of fused-ring (bicyclic) bond motifs is 1. The van der Waals surface area contributed by atoms with Gasteiger partial charge in [-0.25, -0.2) is 4.79 Å². The summed E-state index contributed by atoms with van der Waals surface area (Å²) >= 11 is 0. The topological polar surface area (TPSA) is 65.0 Å². The van der Waals surface area contributed by atoms with Gasteiger partial charge in [0.1, 0.15) is 6.61 Å². The molecule has 2 aliphatic rings. The van der Waals surface area contributed by atoms with Crippen LogP contribution in [0.5, 0.6) is 11.5 Å². The van der Waals surface area contributed by atoms with Crippen molar-refractivity contribution in [3.05, 3.63) is 35.1 Å². The standard InChI is InChI=1S/C12H10O5/c13-11-8(5-15-12(11)14)3-7-1-2-9-10(4-7)17-6-16-9/h1-2,4,13H,3,5-6H2. The normalized spacial score (nSPS) is 17.5. The third kappa shape index (κ3) is 1.69. The van der Waals surface area contributed by atoms with E-state index >= 15 is 0 Å². The Hall–Kier alpha value is -2.17. The van der Waals surface area contributed by atoms with Gasteiger partial charge in [-0.1, -0.05) is 6.07 Å². The van der Waals surface area contributed by atoms with Crippen molar-refractivity contribution in [3.63, 3.8) is 0 Å². The monoisotopic (exact) mass is 234 g/mol. The maximum absolute atomic E-state index is 11.0. The molecule has 0 unspecified atom stereocenters. The molecule has 0 saturated heterocycles. The predicted molar refractivity (Wildman–Crippen MR) is 56.9 cm³/mol. The van der Waals surface area contributed by atoms with Crippen molar-refractivity contribution >= 4 is 5.97 Å². The van der Waals surface area contributed by atoms with Crippen molar-refractivity contribution in [2.75, 3.05) is 13.4 Å². The van der Waals surface area contributed by atoms with Gasteiger partial charge >= 0.3 is 5.97 Å². The molecule has 1 aromatic carbocycles. The Morgan fingerprint density at radius 1 is 1.18 bits per heavy atom. The zero-order valence-corrected chi connectivity index (χ0v) is 8.93. The van der Waals surface area contributed by atoms with Crippen molar-refractivity contribution < 1.29 is 24.1 Å². The van der Waals surface area contributed by atoms with Crippen LogP contribution >= 0.6 is 0 Å². The largest absolute Gasteiger partial charge is 0.502 e. The first-order valence-corrected chi connectivity index (χ1v) is 5.20. The number of rotatable bonds is 2. The van der Waals surface area contributed by atoms with Gasteiger partial charge in [-0.2, -0.15) is 0 Å². The Kier molecular flexibility index (Phi) is 2.18. The van der Waals surface area contributed by atoms with Crippen LogP contribution in [0.3, 0.4) is 0 Å². The molecule has 0 aromatic heterocycles. The van der Waals surface area contributed by atoms with E-state index < -0.39 is 5.97 Å². The highest BCUT2D eigenvalue weighted by Crippen LogP contribution is 2.33. The summed E-state index contributed by atoms with van der Waals surface area (Å²) in [6.45, 7) is 0.382. The molecule has 5 heteroatoms. The minimum absolute atomic E-state index is 0.152.